The van der Waals surface area contributed by atoms with Crippen LogP contribution in [0.2, 0.25) is 0 Å². The van der Waals surface area contributed by atoms with E-state index in [1.165, 1.54) is 0 Å². The summed E-state index contributed by atoms with van der Waals surface area (Å²) >= 11 is 0. The Morgan fingerprint density at radius 1 is 1.38 bits per heavy atom. The summed E-state index contributed by atoms with van der Waals surface area (Å²) in [6.07, 6.45) is -5.53. The van der Waals surface area contributed by atoms with Crippen molar-refractivity contribution in [2.24, 2.45) is 5.73 Å². The van der Waals surface area contributed by atoms with Crippen molar-refractivity contribution in [3.8, 4) is 0 Å². The summed E-state index contributed by atoms with van der Waals surface area (Å²) in [7, 11) is 0. The normalized spacial score (nSPS) is 11.1. The number of halogens is 4. The van der Waals surface area contributed by atoms with Crippen molar-refractivity contribution in [2.75, 3.05) is 0 Å². The van der Waals surface area contributed by atoms with Gasteiger partial charge in [-0.15, -0.1) is 12.4 Å². The van der Waals surface area contributed by atoms with Crippen molar-refractivity contribution in [2.45, 2.75) is 19.1 Å². The molecule has 8 heteroatoms. The highest BCUT2D eigenvalue weighted by Crippen LogP contribution is 2.19. The topological polar surface area (TPSA) is 64.9 Å². The smallest absolute Gasteiger partial charge is 0.339 e. The van der Waals surface area contributed by atoms with Crippen LogP contribution in [0.4, 0.5) is 13.2 Å². The molecule has 0 radical (unpaired) electrons. The molecule has 0 bridgehead atoms. The van der Waals surface area contributed by atoms with Crippen LogP contribution in [0.5, 0.6) is 0 Å². The van der Waals surface area contributed by atoms with Crippen LogP contribution in [0, 0.1) is 0 Å². The van der Waals surface area contributed by atoms with E-state index in [0.717, 1.165) is 0 Å². The molecule has 1 heterocycles. The van der Waals surface area contributed by atoms with Crippen LogP contribution in [0.25, 0.3) is 0 Å². The van der Waals surface area contributed by atoms with E-state index in [-0.39, 0.29) is 24.8 Å². The molecule has 0 atom stereocenters. The molecule has 0 aliphatic carbocycles. The fraction of sp³-hybridized carbons (Fsp3) is 0.600. The average Bonchev–Trinajstić information content (AvgIpc) is 2.32. The molecule has 4 nitrogen and oxygen atoms in total. The van der Waals surface area contributed by atoms with Gasteiger partial charge in [0.15, 0.2) is 5.82 Å². The monoisotopic (exact) mass is 217 g/mol. The molecule has 0 aliphatic heterocycles. The van der Waals surface area contributed by atoms with Gasteiger partial charge in [-0.3, -0.25) is 0 Å². The summed E-state index contributed by atoms with van der Waals surface area (Å²) in [6.45, 7) is -0.0264. The van der Waals surface area contributed by atoms with Crippen LogP contribution < -0.4 is 5.73 Å². The van der Waals surface area contributed by atoms with E-state index < -0.39 is 18.5 Å². The Morgan fingerprint density at radius 2 is 2.00 bits per heavy atom. The number of hydrogen-bond acceptors (Lipinski definition) is 4. The molecular weight excluding hydrogens is 211 g/mol. The maximum atomic E-state index is 11.7. The second-order valence-electron chi connectivity index (χ2n) is 2.10. The molecule has 13 heavy (non-hydrogen) atoms. The molecule has 0 aromatic carbocycles. The zero-order valence-electron chi connectivity index (χ0n) is 6.34. The third-order valence-electron chi connectivity index (χ3n) is 1.04. The highest BCUT2D eigenvalue weighted by atomic mass is 35.5. The molecule has 0 spiro atoms. The Kier molecular flexibility index (Phi) is 4.15. The highest BCUT2D eigenvalue weighted by Gasteiger charge is 2.30. The van der Waals surface area contributed by atoms with Crippen LogP contribution in [-0.2, 0) is 13.0 Å². The lowest BCUT2D eigenvalue weighted by Crippen LogP contribution is -2.11. The first kappa shape index (κ1) is 12.2. The second kappa shape index (κ2) is 4.43. The molecule has 0 saturated carbocycles. The first-order valence-corrected chi connectivity index (χ1v) is 3.09. The minimum atomic E-state index is -4.32. The first-order chi connectivity index (χ1) is 5.51. The predicted molar refractivity (Wildman–Crippen MR) is 39.2 cm³/mol. The highest BCUT2D eigenvalue weighted by molar-refractivity contribution is 5.85. The zero-order valence-corrected chi connectivity index (χ0v) is 7.15. The van der Waals surface area contributed by atoms with Gasteiger partial charge in [0.05, 0.1) is 6.54 Å². The standard InChI is InChI=1S/C5H6F3N3O.ClH/c6-5(7,8)1-4-10-3(2-9)11-12-4;/h1-2,9H2;1H. The van der Waals surface area contributed by atoms with Crippen LogP contribution in [0.3, 0.4) is 0 Å². The van der Waals surface area contributed by atoms with Crippen LogP contribution in [0.15, 0.2) is 4.52 Å². The third kappa shape index (κ3) is 4.09. The van der Waals surface area contributed by atoms with Gasteiger partial charge in [0.1, 0.15) is 6.42 Å². The zero-order chi connectivity index (χ0) is 9.19. The fourth-order valence-electron chi connectivity index (χ4n) is 0.616. The molecule has 76 valence electrons. The predicted octanol–water partition coefficient (Wildman–Crippen LogP) is 1.05. The van der Waals surface area contributed by atoms with Gasteiger partial charge in [0, 0.05) is 0 Å². The van der Waals surface area contributed by atoms with E-state index in [9.17, 15) is 13.2 Å². The largest absolute Gasteiger partial charge is 0.397 e. The van der Waals surface area contributed by atoms with Gasteiger partial charge in [-0.2, -0.15) is 18.2 Å². The number of hydrogen-bond donors (Lipinski definition) is 1. The fourth-order valence-corrected chi connectivity index (χ4v) is 0.616. The summed E-state index contributed by atoms with van der Waals surface area (Å²) in [5.74, 6) is -0.378. The molecule has 0 aliphatic rings. The van der Waals surface area contributed by atoms with Crippen molar-refractivity contribution >= 4 is 12.4 Å². The van der Waals surface area contributed by atoms with E-state index in [0.29, 0.717) is 0 Å². The van der Waals surface area contributed by atoms with Crippen molar-refractivity contribution in [1.29, 1.82) is 0 Å². The second-order valence-corrected chi connectivity index (χ2v) is 2.10. The number of rotatable bonds is 2. The lowest BCUT2D eigenvalue weighted by molar-refractivity contribution is -0.131. The van der Waals surface area contributed by atoms with Crippen LogP contribution >= 0.6 is 12.4 Å². The SMILES string of the molecule is Cl.NCc1noc(CC(F)(F)F)n1. The first-order valence-electron chi connectivity index (χ1n) is 3.09. The summed E-state index contributed by atoms with van der Waals surface area (Å²) in [6, 6.07) is 0. The van der Waals surface area contributed by atoms with Gasteiger partial charge in [-0.25, -0.2) is 0 Å². The minimum Gasteiger partial charge on any atom is -0.339 e. The molecule has 0 fully saturated rings. The van der Waals surface area contributed by atoms with E-state index in [1.54, 1.807) is 0 Å². The number of aromatic nitrogens is 2. The molecule has 1 aromatic heterocycles. The van der Waals surface area contributed by atoms with Crippen molar-refractivity contribution in [3.63, 3.8) is 0 Å². The van der Waals surface area contributed by atoms with Crippen LogP contribution in [0.1, 0.15) is 11.7 Å². The Labute approximate surface area is 77.7 Å². The van der Waals surface area contributed by atoms with Gasteiger partial charge < -0.3 is 10.3 Å². The molecule has 1 rings (SSSR count). The summed E-state index contributed by atoms with van der Waals surface area (Å²) in [4.78, 5) is 3.39. The maximum Gasteiger partial charge on any atom is 0.397 e. The summed E-state index contributed by atoms with van der Waals surface area (Å²) in [5.41, 5.74) is 5.06. The Hall–Kier alpha value is -0.820. The molecule has 2 N–H and O–H groups in total. The Morgan fingerprint density at radius 3 is 2.38 bits per heavy atom. The molecule has 0 unspecified atom stereocenters. The Balaban J connectivity index is 0.00000144. The molecule has 0 saturated heterocycles. The summed E-state index contributed by atoms with van der Waals surface area (Å²) < 4.78 is 39.4. The Bertz CT molecular complexity index is 262. The van der Waals surface area contributed by atoms with Crippen molar-refractivity contribution in [3.05, 3.63) is 11.7 Å². The number of nitrogens with two attached hydrogens (primary N) is 1. The van der Waals surface area contributed by atoms with Crippen molar-refractivity contribution in [1.82, 2.24) is 10.1 Å². The van der Waals surface area contributed by atoms with Gasteiger partial charge >= 0.3 is 6.18 Å². The van der Waals surface area contributed by atoms with E-state index in [4.69, 9.17) is 5.73 Å². The maximum absolute atomic E-state index is 11.7. The average molecular weight is 218 g/mol. The molecule has 1 aromatic rings. The quantitative estimate of drug-likeness (QED) is 0.804. The van der Waals surface area contributed by atoms with E-state index in [1.807, 2.05) is 0 Å². The lowest BCUT2D eigenvalue weighted by atomic mass is 10.4. The van der Waals surface area contributed by atoms with Gasteiger partial charge in [-0.05, 0) is 0 Å². The van der Waals surface area contributed by atoms with Crippen LogP contribution in [-0.4, -0.2) is 16.3 Å². The van der Waals surface area contributed by atoms with Gasteiger partial charge in [0.25, 0.3) is 0 Å². The van der Waals surface area contributed by atoms with Crippen molar-refractivity contribution < 1.29 is 17.7 Å². The third-order valence-corrected chi connectivity index (χ3v) is 1.04. The molecule has 0 amide bonds. The number of alkyl halides is 3. The van der Waals surface area contributed by atoms with E-state index in [2.05, 4.69) is 14.7 Å². The summed E-state index contributed by atoms with van der Waals surface area (Å²) in [5, 5.41) is 3.21. The van der Waals surface area contributed by atoms with E-state index >= 15 is 0 Å². The molecular formula is C5H7ClF3N3O. The van der Waals surface area contributed by atoms with Gasteiger partial charge in [-0.1, -0.05) is 5.16 Å². The number of nitrogens with zero attached hydrogens (tertiary/aromatic N) is 2. The minimum absolute atomic E-state index is 0. The lowest BCUT2D eigenvalue weighted by Gasteiger charge is -1.99. The van der Waals surface area contributed by atoms with Gasteiger partial charge in [0.2, 0.25) is 5.89 Å².